The molecule has 0 spiro atoms. The molecule has 0 aliphatic rings. The van der Waals surface area contributed by atoms with Gasteiger partial charge in [0, 0.05) is 6.20 Å². The van der Waals surface area contributed by atoms with Gasteiger partial charge in [0.05, 0.1) is 10.2 Å². The number of thiophene rings is 1. The molecule has 0 saturated heterocycles. The van der Waals surface area contributed by atoms with Gasteiger partial charge < -0.3 is 0 Å². The number of aromatic nitrogens is 1. The lowest BCUT2D eigenvalue weighted by Gasteiger charge is -1.92. The van der Waals surface area contributed by atoms with Crippen LogP contribution in [0.3, 0.4) is 0 Å². The third kappa shape index (κ3) is 0.955. The molecule has 0 radical (unpaired) electrons. The van der Waals surface area contributed by atoms with E-state index in [-0.39, 0.29) is 0 Å². The zero-order valence-electron chi connectivity index (χ0n) is 5.95. The predicted octanol–water partition coefficient (Wildman–Crippen LogP) is 2.94. The van der Waals surface area contributed by atoms with Gasteiger partial charge in [-0.15, -0.1) is 11.3 Å². The maximum atomic E-state index is 4.21. The van der Waals surface area contributed by atoms with E-state index < -0.39 is 0 Å². The van der Waals surface area contributed by atoms with E-state index in [1.165, 1.54) is 10.3 Å². The van der Waals surface area contributed by atoms with Crippen molar-refractivity contribution >= 4 is 27.6 Å². The molecular formula is C9H7NS. The lowest BCUT2D eigenvalue weighted by Crippen LogP contribution is -1.74. The molecule has 54 valence electrons. The van der Waals surface area contributed by atoms with E-state index >= 15 is 0 Å². The van der Waals surface area contributed by atoms with Crippen molar-refractivity contribution in [3.05, 3.63) is 35.9 Å². The molecule has 2 aromatic rings. The molecule has 0 unspecified atom stereocenters. The highest BCUT2D eigenvalue weighted by Crippen LogP contribution is 2.22. The van der Waals surface area contributed by atoms with E-state index in [2.05, 4.69) is 11.6 Å². The van der Waals surface area contributed by atoms with Gasteiger partial charge in [0.25, 0.3) is 0 Å². The first kappa shape index (κ1) is 6.55. The normalized spacial score (nSPS) is 10.2. The topological polar surface area (TPSA) is 12.9 Å². The van der Waals surface area contributed by atoms with Gasteiger partial charge in [-0.05, 0) is 23.1 Å². The molecule has 11 heavy (non-hydrogen) atoms. The standard InChI is InChI=1S/C9H7NS/c1-2-7-3-5-10-8-4-6-11-9(7)8/h2-6H,1H2. The number of nitrogens with zero attached hydrogens (tertiary/aromatic N) is 1. The Morgan fingerprint density at radius 1 is 1.45 bits per heavy atom. The summed E-state index contributed by atoms with van der Waals surface area (Å²) in [6, 6.07) is 4.00. The molecular weight excluding hydrogens is 154 g/mol. The van der Waals surface area contributed by atoms with Crippen molar-refractivity contribution in [2.45, 2.75) is 0 Å². The van der Waals surface area contributed by atoms with Crippen LogP contribution in [0.4, 0.5) is 0 Å². The summed E-state index contributed by atoms with van der Waals surface area (Å²) in [5.41, 5.74) is 2.23. The molecule has 0 aliphatic carbocycles. The summed E-state index contributed by atoms with van der Waals surface area (Å²) < 4.78 is 1.22. The second kappa shape index (κ2) is 2.47. The van der Waals surface area contributed by atoms with Crippen LogP contribution in [0, 0.1) is 0 Å². The third-order valence-corrected chi connectivity index (χ3v) is 2.55. The van der Waals surface area contributed by atoms with Gasteiger partial charge in [0.1, 0.15) is 0 Å². The molecule has 2 rings (SSSR count). The van der Waals surface area contributed by atoms with Crippen LogP contribution >= 0.6 is 11.3 Å². The molecule has 2 heterocycles. The van der Waals surface area contributed by atoms with Gasteiger partial charge in [-0.3, -0.25) is 4.98 Å². The van der Waals surface area contributed by atoms with Gasteiger partial charge in [-0.1, -0.05) is 12.7 Å². The molecule has 2 aromatic heterocycles. The molecule has 0 aromatic carbocycles. The minimum atomic E-state index is 1.06. The van der Waals surface area contributed by atoms with Crippen LogP contribution in [0.25, 0.3) is 16.3 Å². The Balaban J connectivity index is 2.88. The lowest BCUT2D eigenvalue weighted by molar-refractivity contribution is 1.42. The molecule has 0 fully saturated rings. The van der Waals surface area contributed by atoms with Crippen LogP contribution in [-0.2, 0) is 0 Å². The highest BCUT2D eigenvalue weighted by molar-refractivity contribution is 7.17. The van der Waals surface area contributed by atoms with E-state index in [1.807, 2.05) is 29.8 Å². The maximum absolute atomic E-state index is 4.21. The Hall–Kier alpha value is -1.15. The smallest absolute Gasteiger partial charge is 0.0815 e. The van der Waals surface area contributed by atoms with Crippen LogP contribution in [0.2, 0.25) is 0 Å². The fourth-order valence-corrected chi connectivity index (χ4v) is 1.92. The molecule has 1 nitrogen and oxygen atoms in total. The van der Waals surface area contributed by atoms with Crippen molar-refractivity contribution < 1.29 is 0 Å². The van der Waals surface area contributed by atoms with E-state index in [4.69, 9.17) is 0 Å². The summed E-state index contributed by atoms with van der Waals surface area (Å²) in [7, 11) is 0. The number of hydrogen-bond acceptors (Lipinski definition) is 2. The molecule has 0 atom stereocenters. The Morgan fingerprint density at radius 2 is 2.36 bits per heavy atom. The fraction of sp³-hybridized carbons (Fsp3) is 0. The van der Waals surface area contributed by atoms with Crippen LogP contribution in [0.1, 0.15) is 5.56 Å². The Bertz CT molecular complexity index is 389. The molecule has 0 amide bonds. The Labute approximate surface area is 69.0 Å². The first-order valence-corrected chi connectivity index (χ1v) is 4.24. The SMILES string of the molecule is C=Cc1ccnc2ccsc12. The highest BCUT2D eigenvalue weighted by Gasteiger charge is 1.97. The maximum Gasteiger partial charge on any atom is 0.0815 e. The van der Waals surface area contributed by atoms with Crippen molar-refractivity contribution in [2.24, 2.45) is 0 Å². The lowest BCUT2D eigenvalue weighted by atomic mass is 10.2. The predicted molar refractivity (Wildman–Crippen MR) is 49.7 cm³/mol. The average molecular weight is 161 g/mol. The van der Waals surface area contributed by atoms with Crippen molar-refractivity contribution in [2.75, 3.05) is 0 Å². The monoisotopic (exact) mass is 161 g/mol. The zero-order chi connectivity index (χ0) is 7.68. The van der Waals surface area contributed by atoms with Crippen LogP contribution in [0.15, 0.2) is 30.3 Å². The first-order valence-electron chi connectivity index (χ1n) is 3.36. The van der Waals surface area contributed by atoms with E-state index in [0.717, 1.165) is 5.52 Å². The van der Waals surface area contributed by atoms with Gasteiger partial charge in [0.2, 0.25) is 0 Å². The summed E-state index contributed by atoms with van der Waals surface area (Å²) in [5, 5.41) is 2.05. The van der Waals surface area contributed by atoms with Gasteiger partial charge in [-0.25, -0.2) is 0 Å². The Kier molecular flexibility index (Phi) is 1.47. The van der Waals surface area contributed by atoms with Crippen LogP contribution < -0.4 is 0 Å². The van der Waals surface area contributed by atoms with Gasteiger partial charge in [-0.2, -0.15) is 0 Å². The second-order valence-electron chi connectivity index (χ2n) is 2.24. The molecule has 0 aliphatic heterocycles. The minimum absolute atomic E-state index is 1.06. The van der Waals surface area contributed by atoms with Crippen molar-refractivity contribution in [1.29, 1.82) is 0 Å². The van der Waals surface area contributed by atoms with Gasteiger partial charge >= 0.3 is 0 Å². The van der Waals surface area contributed by atoms with Gasteiger partial charge in [0.15, 0.2) is 0 Å². The number of fused-ring (bicyclic) bond motifs is 1. The second-order valence-corrected chi connectivity index (χ2v) is 3.16. The minimum Gasteiger partial charge on any atom is -0.255 e. The largest absolute Gasteiger partial charge is 0.255 e. The van der Waals surface area contributed by atoms with E-state index in [1.54, 1.807) is 11.3 Å². The van der Waals surface area contributed by atoms with Crippen molar-refractivity contribution in [3.8, 4) is 0 Å². The molecule has 2 heteroatoms. The number of pyridine rings is 1. The molecule has 0 N–H and O–H groups in total. The first-order chi connectivity index (χ1) is 5.42. The number of hydrogen-bond donors (Lipinski definition) is 0. The number of rotatable bonds is 1. The summed E-state index contributed by atoms with van der Waals surface area (Å²) in [6.45, 7) is 3.74. The quantitative estimate of drug-likeness (QED) is 0.626. The summed E-state index contributed by atoms with van der Waals surface area (Å²) in [6.07, 6.45) is 3.67. The molecule has 0 bridgehead atoms. The summed E-state index contributed by atoms with van der Waals surface area (Å²) in [5.74, 6) is 0. The Morgan fingerprint density at radius 3 is 3.18 bits per heavy atom. The zero-order valence-corrected chi connectivity index (χ0v) is 6.77. The van der Waals surface area contributed by atoms with Crippen LogP contribution in [-0.4, -0.2) is 4.98 Å². The fourth-order valence-electron chi connectivity index (χ4n) is 1.05. The summed E-state index contributed by atoms with van der Waals surface area (Å²) in [4.78, 5) is 4.21. The van der Waals surface area contributed by atoms with Crippen molar-refractivity contribution in [3.63, 3.8) is 0 Å². The van der Waals surface area contributed by atoms with E-state index in [9.17, 15) is 0 Å². The van der Waals surface area contributed by atoms with Crippen molar-refractivity contribution in [1.82, 2.24) is 4.98 Å². The average Bonchev–Trinajstić information content (AvgIpc) is 2.50. The van der Waals surface area contributed by atoms with E-state index in [0.29, 0.717) is 0 Å². The highest BCUT2D eigenvalue weighted by atomic mass is 32.1. The summed E-state index contributed by atoms with van der Waals surface area (Å²) >= 11 is 1.70. The molecule has 0 saturated carbocycles. The third-order valence-electron chi connectivity index (χ3n) is 1.59. The van der Waals surface area contributed by atoms with Crippen LogP contribution in [0.5, 0.6) is 0 Å².